The summed E-state index contributed by atoms with van der Waals surface area (Å²) in [6.07, 6.45) is 5.40. The minimum atomic E-state index is 0.740. The van der Waals surface area contributed by atoms with Crippen molar-refractivity contribution in [3.05, 3.63) is 35.5 Å². The number of aryl methyl sites for hydroxylation is 3. The second-order valence-electron chi connectivity index (χ2n) is 4.90. The number of aromatic nitrogens is 1. The lowest BCUT2D eigenvalue weighted by molar-refractivity contribution is 0.667. The van der Waals surface area contributed by atoms with Crippen molar-refractivity contribution in [1.29, 1.82) is 0 Å². The van der Waals surface area contributed by atoms with E-state index in [1.807, 2.05) is 0 Å². The van der Waals surface area contributed by atoms with Crippen LogP contribution in [-0.4, -0.2) is 17.7 Å². The number of nitrogens with two attached hydrogens (primary N) is 2. The van der Waals surface area contributed by atoms with Crippen LogP contribution in [0.4, 0.5) is 0 Å². The Hall–Kier alpha value is -1.32. The van der Waals surface area contributed by atoms with Gasteiger partial charge in [0.15, 0.2) is 0 Å². The SMILES string of the molecule is Cc1ccc2c(CCCN)cn(CCCN)c2c1. The summed E-state index contributed by atoms with van der Waals surface area (Å²) in [6.45, 7) is 4.63. The van der Waals surface area contributed by atoms with Crippen LogP contribution in [0.3, 0.4) is 0 Å². The molecule has 0 bridgehead atoms. The topological polar surface area (TPSA) is 57.0 Å². The first-order valence-corrected chi connectivity index (χ1v) is 6.74. The number of hydrogen-bond donors (Lipinski definition) is 2. The molecule has 0 aliphatic heterocycles. The zero-order chi connectivity index (χ0) is 13.0. The maximum Gasteiger partial charge on any atom is 0.0485 e. The van der Waals surface area contributed by atoms with Gasteiger partial charge in [-0.25, -0.2) is 0 Å². The third-order valence-corrected chi connectivity index (χ3v) is 3.37. The fourth-order valence-electron chi connectivity index (χ4n) is 2.42. The van der Waals surface area contributed by atoms with Gasteiger partial charge in [-0.3, -0.25) is 0 Å². The maximum absolute atomic E-state index is 5.61. The molecule has 0 aliphatic carbocycles. The van der Waals surface area contributed by atoms with Crippen molar-refractivity contribution in [3.63, 3.8) is 0 Å². The highest BCUT2D eigenvalue weighted by Crippen LogP contribution is 2.24. The van der Waals surface area contributed by atoms with E-state index in [4.69, 9.17) is 11.5 Å². The molecule has 1 aromatic carbocycles. The molecule has 0 unspecified atom stereocenters. The van der Waals surface area contributed by atoms with Crippen molar-refractivity contribution in [1.82, 2.24) is 4.57 Å². The summed E-state index contributed by atoms with van der Waals surface area (Å²) in [5, 5.41) is 1.37. The van der Waals surface area contributed by atoms with E-state index in [0.29, 0.717) is 0 Å². The molecule has 0 aliphatic rings. The molecule has 18 heavy (non-hydrogen) atoms. The van der Waals surface area contributed by atoms with Crippen LogP contribution in [0.2, 0.25) is 0 Å². The van der Waals surface area contributed by atoms with Gasteiger partial charge in [-0.2, -0.15) is 0 Å². The first-order valence-electron chi connectivity index (χ1n) is 6.74. The number of rotatable bonds is 6. The van der Waals surface area contributed by atoms with E-state index < -0.39 is 0 Å². The average Bonchev–Trinajstić information content (AvgIpc) is 2.71. The summed E-state index contributed by atoms with van der Waals surface area (Å²) >= 11 is 0. The molecule has 1 aromatic heterocycles. The molecular weight excluding hydrogens is 222 g/mol. The largest absolute Gasteiger partial charge is 0.347 e. The summed E-state index contributed by atoms with van der Waals surface area (Å²) in [6, 6.07) is 6.68. The van der Waals surface area contributed by atoms with Crippen LogP contribution in [0.5, 0.6) is 0 Å². The first-order chi connectivity index (χ1) is 8.76. The molecule has 0 radical (unpaired) electrons. The van der Waals surface area contributed by atoms with E-state index in [1.165, 1.54) is 22.0 Å². The fraction of sp³-hybridized carbons (Fsp3) is 0.467. The van der Waals surface area contributed by atoms with E-state index in [9.17, 15) is 0 Å². The van der Waals surface area contributed by atoms with Crippen LogP contribution in [0.1, 0.15) is 24.0 Å². The minimum Gasteiger partial charge on any atom is -0.347 e. The summed E-state index contributed by atoms with van der Waals surface area (Å²) in [4.78, 5) is 0. The van der Waals surface area contributed by atoms with Crippen LogP contribution in [0.25, 0.3) is 10.9 Å². The lowest BCUT2D eigenvalue weighted by Gasteiger charge is -2.04. The molecular formula is C15H23N3. The smallest absolute Gasteiger partial charge is 0.0485 e. The molecule has 3 nitrogen and oxygen atoms in total. The summed E-state index contributed by atoms with van der Waals surface area (Å²) in [7, 11) is 0. The van der Waals surface area contributed by atoms with Crippen LogP contribution < -0.4 is 11.5 Å². The monoisotopic (exact) mass is 245 g/mol. The predicted molar refractivity (Wildman–Crippen MR) is 77.7 cm³/mol. The Morgan fingerprint density at radius 1 is 1.11 bits per heavy atom. The third-order valence-electron chi connectivity index (χ3n) is 3.37. The molecule has 0 spiro atoms. The summed E-state index contributed by atoms with van der Waals surface area (Å²) in [5.41, 5.74) is 15.3. The first kappa shape index (κ1) is 13.1. The zero-order valence-electron chi connectivity index (χ0n) is 11.2. The molecule has 2 aromatic rings. The Morgan fingerprint density at radius 2 is 1.89 bits per heavy atom. The Bertz CT molecular complexity index is 514. The highest BCUT2D eigenvalue weighted by Gasteiger charge is 2.08. The molecule has 3 heteroatoms. The standard InChI is InChI=1S/C15H23N3/c1-12-5-6-14-13(4-2-7-16)11-18(9-3-8-17)15(14)10-12/h5-6,10-11H,2-4,7-9,16-17H2,1H3. The van der Waals surface area contributed by atoms with Crippen molar-refractivity contribution < 1.29 is 0 Å². The summed E-state index contributed by atoms with van der Waals surface area (Å²) < 4.78 is 2.33. The van der Waals surface area contributed by atoms with Gasteiger partial charge in [-0.1, -0.05) is 12.1 Å². The van der Waals surface area contributed by atoms with Crippen LogP contribution >= 0.6 is 0 Å². The van der Waals surface area contributed by atoms with Crippen LogP contribution in [0, 0.1) is 6.92 Å². The van der Waals surface area contributed by atoms with Gasteiger partial charge >= 0.3 is 0 Å². The van der Waals surface area contributed by atoms with Crippen molar-refractivity contribution in [2.24, 2.45) is 11.5 Å². The van der Waals surface area contributed by atoms with Crippen molar-refractivity contribution in [2.75, 3.05) is 13.1 Å². The molecule has 0 saturated heterocycles. The Morgan fingerprint density at radius 3 is 2.61 bits per heavy atom. The molecule has 0 amide bonds. The molecule has 4 N–H and O–H groups in total. The lowest BCUT2D eigenvalue weighted by atomic mass is 10.1. The predicted octanol–water partition coefficient (Wildman–Crippen LogP) is 2.19. The minimum absolute atomic E-state index is 0.740. The third kappa shape index (κ3) is 2.74. The number of fused-ring (bicyclic) bond motifs is 1. The molecule has 0 fully saturated rings. The number of hydrogen-bond acceptors (Lipinski definition) is 2. The summed E-state index contributed by atoms with van der Waals surface area (Å²) in [5.74, 6) is 0. The van der Waals surface area contributed by atoms with Gasteiger partial charge in [0.25, 0.3) is 0 Å². The van der Waals surface area contributed by atoms with E-state index in [2.05, 4.69) is 35.9 Å². The highest BCUT2D eigenvalue weighted by molar-refractivity contribution is 5.84. The second-order valence-corrected chi connectivity index (χ2v) is 4.90. The van der Waals surface area contributed by atoms with Gasteiger partial charge < -0.3 is 16.0 Å². The van der Waals surface area contributed by atoms with E-state index in [-0.39, 0.29) is 0 Å². The van der Waals surface area contributed by atoms with Gasteiger partial charge in [-0.05, 0) is 56.5 Å². The van der Waals surface area contributed by atoms with E-state index >= 15 is 0 Å². The average molecular weight is 245 g/mol. The van der Waals surface area contributed by atoms with Crippen LogP contribution in [-0.2, 0) is 13.0 Å². The normalized spacial score (nSPS) is 11.3. The molecule has 2 rings (SSSR count). The van der Waals surface area contributed by atoms with Crippen molar-refractivity contribution in [3.8, 4) is 0 Å². The molecule has 1 heterocycles. The van der Waals surface area contributed by atoms with Gasteiger partial charge in [0.05, 0.1) is 0 Å². The molecule has 0 atom stereocenters. The quantitative estimate of drug-likeness (QED) is 0.819. The number of benzene rings is 1. The molecule has 0 saturated carbocycles. The fourth-order valence-corrected chi connectivity index (χ4v) is 2.42. The van der Waals surface area contributed by atoms with Crippen LogP contribution in [0.15, 0.2) is 24.4 Å². The number of nitrogens with zero attached hydrogens (tertiary/aromatic N) is 1. The maximum atomic E-state index is 5.61. The van der Waals surface area contributed by atoms with Crippen molar-refractivity contribution >= 4 is 10.9 Å². The van der Waals surface area contributed by atoms with E-state index in [0.717, 1.165) is 38.9 Å². The lowest BCUT2D eigenvalue weighted by Crippen LogP contribution is -2.05. The van der Waals surface area contributed by atoms with Gasteiger partial charge in [0, 0.05) is 23.6 Å². The zero-order valence-corrected chi connectivity index (χ0v) is 11.2. The van der Waals surface area contributed by atoms with Gasteiger partial charge in [0.1, 0.15) is 0 Å². The Labute approximate surface area is 109 Å². The van der Waals surface area contributed by atoms with Gasteiger partial charge in [0.2, 0.25) is 0 Å². The highest BCUT2D eigenvalue weighted by atomic mass is 15.0. The van der Waals surface area contributed by atoms with Gasteiger partial charge in [-0.15, -0.1) is 0 Å². The second kappa shape index (κ2) is 6.03. The van der Waals surface area contributed by atoms with Crippen molar-refractivity contribution in [2.45, 2.75) is 32.7 Å². The Kier molecular flexibility index (Phi) is 4.39. The Balaban J connectivity index is 2.39. The molecule has 98 valence electrons. The van der Waals surface area contributed by atoms with E-state index in [1.54, 1.807) is 0 Å².